The van der Waals surface area contributed by atoms with Gasteiger partial charge in [0.25, 0.3) is 0 Å². The molecule has 1 aromatic heterocycles. The predicted octanol–water partition coefficient (Wildman–Crippen LogP) is 1.42. The van der Waals surface area contributed by atoms with Crippen molar-refractivity contribution >= 4 is 0 Å². The molecule has 0 aromatic carbocycles. The molecule has 1 saturated carbocycles. The normalized spacial score (nSPS) is 24.4. The summed E-state index contributed by atoms with van der Waals surface area (Å²) in [6, 6.07) is 2.80. The lowest BCUT2D eigenvalue weighted by molar-refractivity contribution is 0.396. The summed E-state index contributed by atoms with van der Waals surface area (Å²) in [5.41, 5.74) is 0. The van der Waals surface area contributed by atoms with Crippen molar-refractivity contribution in [3.05, 3.63) is 12.2 Å². The first-order valence-corrected chi connectivity index (χ1v) is 6.77. The summed E-state index contributed by atoms with van der Waals surface area (Å²) >= 11 is 0. The minimum Gasteiger partial charge on any atom is -0.312 e. The first-order valence-electron chi connectivity index (χ1n) is 6.77. The first kappa shape index (κ1) is 13.0. The van der Waals surface area contributed by atoms with Gasteiger partial charge in [0.2, 0.25) is 0 Å². The predicted molar refractivity (Wildman–Crippen MR) is 68.7 cm³/mol. The van der Waals surface area contributed by atoms with Gasteiger partial charge in [0.15, 0.2) is 5.82 Å². The fourth-order valence-electron chi connectivity index (χ4n) is 2.57. The van der Waals surface area contributed by atoms with Gasteiger partial charge in [-0.15, -0.1) is 0 Å². The van der Waals surface area contributed by atoms with Crippen LogP contribution in [0.3, 0.4) is 0 Å². The Hall–Kier alpha value is -1.41. The number of hydrogen-bond acceptors (Lipinski definition) is 4. The van der Waals surface area contributed by atoms with Crippen molar-refractivity contribution in [2.75, 3.05) is 6.54 Å². The Labute approximate surface area is 108 Å². The third-order valence-corrected chi connectivity index (χ3v) is 3.58. The van der Waals surface area contributed by atoms with Crippen LogP contribution in [0.25, 0.3) is 0 Å². The van der Waals surface area contributed by atoms with Gasteiger partial charge < -0.3 is 5.32 Å². The molecule has 2 rings (SSSR count). The average molecular weight is 247 g/mol. The summed E-state index contributed by atoms with van der Waals surface area (Å²) < 4.78 is 1.72. The van der Waals surface area contributed by atoms with Crippen LogP contribution < -0.4 is 5.32 Å². The molecular weight excluding hydrogens is 226 g/mol. The van der Waals surface area contributed by atoms with Gasteiger partial charge in [-0.25, -0.2) is 4.98 Å². The Morgan fingerprint density at radius 3 is 3.00 bits per heavy atom. The molecule has 18 heavy (non-hydrogen) atoms. The Morgan fingerprint density at radius 2 is 2.28 bits per heavy atom. The van der Waals surface area contributed by atoms with Crippen molar-refractivity contribution in [2.24, 2.45) is 13.0 Å². The van der Waals surface area contributed by atoms with Gasteiger partial charge in [-0.3, -0.25) is 4.68 Å². The van der Waals surface area contributed by atoms with Crippen molar-refractivity contribution in [3.63, 3.8) is 0 Å². The molecule has 5 heteroatoms. The summed E-state index contributed by atoms with van der Waals surface area (Å²) in [6.07, 6.45) is 8.40. The van der Waals surface area contributed by atoms with Gasteiger partial charge in [0, 0.05) is 26.1 Å². The van der Waals surface area contributed by atoms with Gasteiger partial charge >= 0.3 is 0 Å². The second kappa shape index (κ2) is 6.50. The molecule has 1 N–H and O–H groups in total. The molecular formula is C13H21N5. The van der Waals surface area contributed by atoms with E-state index < -0.39 is 0 Å². The van der Waals surface area contributed by atoms with Crippen LogP contribution in [0.5, 0.6) is 0 Å². The fourth-order valence-corrected chi connectivity index (χ4v) is 2.57. The molecule has 0 bridgehead atoms. The van der Waals surface area contributed by atoms with Crippen LogP contribution in [0.2, 0.25) is 0 Å². The molecule has 1 fully saturated rings. The number of nitrogens with one attached hydrogen (secondary N) is 1. The van der Waals surface area contributed by atoms with E-state index in [0.717, 1.165) is 31.6 Å². The summed E-state index contributed by atoms with van der Waals surface area (Å²) in [6.45, 7) is 0.854. The van der Waals surface area contributed by atoms with Gasteiger partial charge in [-0.1, -0.05) is 19.3 Å². The van der Waals surface area contributed by atoms with E-state index in [9.17, 15) is 5.26 Å². The maximum Gasteiger partial charge on any atom is 0.151 e. The number of nitriles is 1. The lowest BCUT2D eigenvalue weighted by atomic mass is 9.96. The molecule has 0 spiro atoms. The molecule has 2 unspecified atom stereocenters. The molecule has 1 heterocycles. The van der Waals surface area contributed by atoms with E-state index >= 15 is 0 Å². The zero-order valence-electron chi connectivity index (χ0n) is 11.0. The zero-order valence-corrected chi connectivity index (χ0v) is 11.0. The molecule has 1 aliphatic rings. The largest absolute Gasteiger partial charge is 0.312 e. The topological polar surface area (TPSA) is 66.5 Å². The van der Waals surface area contributed by atoms with Crippen molar-refractivity contribution in [2.45, 2.75) is 44.6 Å². The van der Waals surface area contributed by atoms with Gasteiger partial charge in [-0.2, -0.15) is 10.4 Å². The van der Waals surface area contributed by atoms with Crippen LogP contribution in [0.15, 0.2) is 6.33 Å². The van der Waals surface area contributed by atoms with Crippen LogP contribution in [0.4, 0.5) is 0 Å². The molecule has 2 atom stereocenters. The van der Waals surface area contributed by atoms with Crippen molar-refractivity contribution < 1.29 is 0 Å². The maximum absolute atomic E-state index is 9.19. The molecule has 0 saturated heterocycles. The molecule has 1 aliphatic carbocycles. The minimum atomic E-state index is 0.171. The quantitative estimate of drug-likeness (QED) is 0.817. The lowest BCUT2D eigenvalue weighted by Gasteiger charge is -2.20. The molecule has 98 valence electrons. The highest BCUT2D eigenvalue weighted by Crippen LogP contribution is 2.22. The molecule has 0 aliphatic heterocycles. The highest BCUT2D eigenvalue weighted by molar-refractivity contribution is 4.94. The number of nitrogens with zero attached hydrogens (tertiary/aromatic N) is 4. The highest BCUT2D eigenvalue weighted by atomic mass is 15.3. The van der Waals surface area contributed by atoms with Gasteiger partial charge in [-0.05, 0) is 12.8 Å². The van der Waals surface area contributed by atoms with Gasteiger partial charge in [0.05, 0.1) is 12.0 Å². The van der Waals surface area contributed by atoms with Crippen LogP contribution in [-0.2, 0) is 13.5 Å². The van der Waals surface area contributed by atoms with E-state index in [2.05, 4.69) is 21.5 Å². The molecule has 5 nitrogen and oxygen atoms in total. The van der Waals surface area contributed by atoms with Crippen molar-refractivity contribution in [1.82, 2.24) is 20.1 Å². The molecule has 1 aromatic rings. The van der Waals surface area contributed by atoms with Crippen molar-refractivity contribution in [1.29, 1.82) is 5.26 Å². The Balaban J connectivity index is 1.79. The fraction of sp³-hybridized carbons (Fsp3) is 0.769. The standard InChI is InChI=1S/C13H21N5/c1-18-10-16-13(17-18)7-8-15-12-6-4-2-3-5-11(12)9-14/h10-12,15H,2-8H2,1H3. The van der Waals surface area contributed by atoms with Crippen LogP contribution >= 0.6 is 0 Å². The smallest absolute Gasteiger partial charge is 0.151 e. The number of rotatable bonds is 4. The van der Waals surface area contributed by atoms with Crippen LogP contribution in [0, 0.1) is 17.2 Å². The molecule has 0 radical (unpaired) electrons. The Kier molecular flexibility index (Phi) is 4.71. The summed E-state index contributed by atoms with van der Waals surface area (Å²) in [5.74, 6) is 1.04. The zero-order chi connectivity index (χ0) is 12.8. The average Bonchev–Trinajstić information content (AvgIpc) is 2.64. The third kappa shape index (κ3) is 3.54. The first-order chi connectivity index (χ1) is 8.79. The van der Waals surface area contributed by atoms with Crippen LogP contribution in [0.1, 0.15) is 37.9 Å². The van der Waals surface area contributed by atoms with Crippen molar-refractivity contribution in [3.8, 4) is 6.07 Å². The van der Waals surface area contributed by atoms with E-state index in [1.54, 1.807) is 11.0 Å². The number of aromatic nitrogens is 3. The Bertz CT molecular complexity index is 406. The lowest BCUT2D eigenvalue weighted by Crippen LogP contribution is -2.36. The van der Waals surface area contributed by atoms with E-state index in [1.807, 2.05) is 7.05 Å². The maximum atomic E-state index is 9.19. The van der Waals surface area contributed by atoms with E-state index in [0.29, 0.717) is 6.04 Å². The minimum absolute atomic E-state index is 0.171. The second-order valence-electron chi connectivity index (χ2n) is 5.02. The molecule has 0 amide bonds. The highest BCUT2D eigenvalue weighted by Gasteiger charge is 2.22. The summed E-state index contributed by atoms with van der Waals surface area (Å²) in [4.78, 5) is 4.20. The second-order valence-corrected chi connectivity index (χ2v) is 5.02. The SMILES string of the molecule is Cn1cnc(CCNC2CCCCCC2C#N)n1. The number of aryl methyl sites for hydroxylation is 1. The van der Waals surface area contributed by atoms with Gasteiger partial charge in [0.1, 0.15) is 6.33 Å². The Morgan fingerprint density at radius 1 is 1.44 bits per heavy atom. The monoisotopic (exact) mass is 247 g/mol. The summed E-state index contributed by atoms with van der Waals surface area (Å²) in [5, 5.41) is 16.9. The van der Waals surface area contributed by atoms with E-state index in [-0.39, 0.29) is 5.92 Å². The van der Waals surface area contributed by atoms with Crippen LogP contribution in [-0.4, -0.2) is 27.4 Å². The van der Waals surface area contributed by atoms with E-state index in [4.69, 9.17) is 0 Å². The van der Waals surface area contributed by atoms with E-state index in [1.165, 1.54) is 19.3 Å². The number of hydrogen-bond donors (Lipinski definition) is 1. The third-order valence-electron chi connectivity index (χ3n) is 3.58. The summed E-state index contributed by atoms with van der Waals surface area (Å²) in [7, 11) is 1.88.